The van der Waals surface area contributed by atoms with Gasteiger partial charge in [0.05, 0.1) is 0 Å². The Labute approximate surface area is 110 Å². The molecule has 2 heterocycles. The highest BCUT2D eigenvalue weighted by Crippen LogP contribution is 2.16. The summed E-state index contributed by atoms with van der Waals surface area (Å²) in [5.41, 5.74) is 1.44. The molecular formula is C15H23N3. The molecular weight excluding hydrogens is 222 g/mol. The van der Waals surface area contributed by atoms with Crippen LogP contribution in [-0.4, -0.2) is 55.1 Å². The molecule has 2 aliphatic rings. The molecule has 98 valence electrons. The molecule has 0 saturated carbocycles. The number of hydrogen-bond acceptors (Lipinski definition) is 3. The first-order chi connectivity index (χ1) is 8.92. The molecule has 1 atom stereocenters. The van der Waals surface area contributed by atoms with E-state index in [0.29, 0.717) is 0 Å². The molecule has 3 nitrogen and oxygen atoms in total. The van der Waals surface area contributed by atoms with Gasteiger partial charge < -0.3 is 5.32 Å². The van der Waals surface area contributed by atoms with Crippen LogP contribution in [0.1, 0.15) is 12.0 Å². The molecule has 18 heavy (non-hydrogen) atoms. The lowest BCUT2D eigenvalue weighted by Crippen LogP contribution is -2.52. The minimum atomic E-state index is 0.762. The van der Waals surface area contributed by atoms with Gasteiger partial charge in [-0.1, -0.05) is 30.3 Å². The lowest BCUT2D eigenvalue weighted by molar-refractivity contribution is 0.0750. The summed E-state index contributed by atoms with van der Waals surface area (Å²) >= 11 is 0. The second-order valence-electron chi connectivity index (χ2n) is 5.45. The van der Waals surface area contributed by atoms with Crippen molar-refractivity contribution in [3.8, 4) is 0 Å². The smallest absolute Gasteiger partial charge is 0.0236 e. The SMILES string of the molecule is c1ccc(CN2CCN3CCNCCC3C2)cc1. The maximum absolute atomic E-state index is 3.51. The number of nitrogens with one attached hydrogen (secondary N) is 1. The predicted molar refractivity (Wildman–Crippen MR) is 74.6 cm³/mol. The van der Waals surface area contributed by atoms with E-state index in [1.807, 2.05) is 0 Å². The van der Waals surface area contributed by atoms with Crippen molar-refractivity contribution < 1.29 is 0 Å². The van der Waals surface area contributed by atoms with Crippen LogP contribution in [0.2, 0.25) is 0 Å². The fourth-order valence-electron chi connectivity index (χ4n) is 3.13. The molecule has 2 aliphatic heterocycles. The van der Waals surface area contributed by atoms with E-state index in [4.69, 9.17) is 0 Å². The summed E-state index contributed by atoms with van der Waals surface area (Å²) in [5.74, 6) is 0. The highest BCUT2D eigenvalue weighted by atomic mass is 15.3. The van der Waals surface area contributed by atoms with Crippen molar-refractivity contribution in [2.75, 3.05) is 39.3 Å². The molecule has 0 bridgehead atoms. The van der Waals surface area contributed by atoms with Crippen LogP contribution >= 0.6 is 0 Å². The van der Waals surface area contributed by atoms with Crippen LogP contribution in [0.15, 0.2) is 30.3 Å². The van der Waals surface area contributed by atoms with Crippen molar-refractivity contribution >= 4 is 0 Å². The number of nitrogens with zero attached hydrogens (tertiary/aromatic N) is 2. The fraction of sp³-hybridized carbons (Fsp3) is 0.600. The second kappa shape index (κ2) is 5.83. The van der Waals surface area contributed by atoms with E-state index < -0.39 is 0 Å². The Bertz CT molecular complexity index is 365. The molecule has 3 heteroatoms. The highest BCUT2D eigenvalue weighted by molar-refractivity contribution is 5.14. The largest absolute Gasteiger partial charge is 0.315 e. The molecule has 2 saturated heterocycles. The summed E-state index contributed by atoms with van der Waals surface area (Å²) in [5, 5.41) is 3.51. The molecule has 0 radical (unpaired) electrons. The van der Waals surface area contributed by atoms with Crippen LogP contribution in [0.4, 0.5) is 0 Å². The Balaban J connectivity index is 1.59. The molecule has 1 aromatic carbocycles. The Morgan fingerprint density at radius 2 is 1.94 bits per heavy atom. The maximum atomic E-state index is 3.51. The maximum Gasteiger partial charge on any atom is 0.0236 e. The number of hydrogen-bond donors (Lipinski definition) is 1. The zero-order chi connectivity index (χ0) is 12.2. The topological polar surface area (TPSA) is 18.5 Å². The summed E-state index contributed by atoms with van der Waals surface area (Å²) in [4.78, 5) is 5.28. The fourth-order valence-corrected chi connectivity index (χ4v) is 3.13. The van der Waals surface area contributed by atoms with Gasteiger partial charge in [0.1, 0.15) is 0 Å². The van der Waals surface area contributed by atoms with Gasteiger partial charge in [0.25, 0.3) is 0 Å². The third-order valence-electron chi connectivity index (χ3n) is 4.17. The van der Waals surface area contributed by atoms with Crippen molar-refractivity contribution in [2.45, 2.75) is 19.0 Å². The summed E-state index contributed by atoms with van der Waals surface area (Å²) in [7, 11) is 0. The second-order valence-corrected chi connectivity index (χ2v) is 5.45. The van der Waals surface area contributed by atoms with Crippen LogP contribution in [0.25, 0.3) is 0 Å². The molecule has 0 aromatic heterocycles. The standard InChI is InChI=1S/C15H23N3/c1-2-4-14(5-3-1)12-17-10-11-18-9-8-16-7-6-15(18)13-17/h1-5,15-16H,6-13H2. The zero-order valence-corrected chi connectivity index (χ0v) is 11.0. The Morgan fingerprint density at radius 1 is 1.06 bits per heavy atom. The quantitative estimate of drug-likeness (QED) is 0.844. The summed E-state index contributed by atoms with van der Waals surface area (Å²) in [6.45, 7) is 8.36. The van der Waals surface area contributed by atoms with Crippen LogP contribution in [0.5, 0.6) is 0 Å². The van der Waals surface area contributed by atoms with Gasteiger partial charge >= 0.3 is 0 Å². The van der Waals surface area contributed by atoms with E-state index in [2.05, 4.69) is 45.4 Å². The highest BCUT2D eigenvalue weighted by Gasteiger charge is 2.27. The molecule has 0 aliphatic carbocycles. The van der Waals surface area contributed by atoms with Crippen LogP contribution in [0, 0.1) is 0 Å². The number of fused-ring (bicyclic) bond motifs is 1. The monoisotopic (exact) mass is 245 g/mol. The molecule has 1 unspecified atom stereocenters. The average Bonchev–Trinajstić information content (AvgIpc) is 2.64. The normalized spacial score (nSPS) is 26.6. The van der Waals surface area contributed by atoms with Crippen molar-refractivity contribution in [3.63, 3.8) is 0 Å². The van der Waals surface area contributed by atoms with E-state index in [0.717, 1.165) is 19.1 Å². The minimum absolute atomic E-state index is 0.762. The van der Waals surface area contributed by atoms with E-state index in [9.17, 15) is 0 Å². The van der Waals surface area contributed by atoms with Gasteiger partial charge in [0.2, 0.25) is 0 Å². The molecule has 1 aromatic rings. The van der Waals surface area contributed by atoms with Gasteiger partial charge in [-0.05, 0) is 18.5 Å². The first kappa shape index (κ1) is 12.2. The predicted octanol–water partition coefficient (Wildman–Crippen LogP) is 1.17. The van der Waals surface area contributed by atoms with E-state index >= 15 is 0 Å². The molecule has 1 N–H and O–H groups in total. The van der Waals surface area contributed by atoms with Gasteiger partial charge in [-0.15, -0.1) is 0 Å². The van der Waals surface area contributed by atoms with Gasteiger partial charge in [-0.2, -0.15) is 0 Å². The third kappa shape index (κ3) is 2.91. The van der Waals surface area contributed by atoms with Crippen molar-refractivity contribution in [1.82, 2.24) is 15.1 Å². The Hall–Kier alpha value is -0.900. The Kier molecular flexibility index (Phi) is 3.93. The van der Waals surface area contributed by atoms with Gasteiger partial charge in [-0.25, -0.2) is 0 Å². The summed E-state index contributed by atoms with van der Waals surface area (Å²) in [6.07, 6.45) is 1.30. The number of benzene rings is 1. The van der Waals surface area contributed by atoms with Crippen LogP contribution in [-0.2, 0) is 6.54 Å². The Morgan fingerprint density at radius 3 is 2.83 bits per heavy atom. The first-order valence-electron chi connectivity index (χ1n) is 7.13. The van der Waals surface area contributed by atoms with Gasteiger partial charge in [-0.3, -0.25) is 9.80 Å². The lowest BCUT2D eigenvalue weighted by atomic mass is 10.1. The van der Waals surface area contributed by atoms with Crippen molar-refractivity contribution in [1.29, 1.82) is 0 Å². The zero-order valence-electron chi connectivity index (χ0n) is 11.0. The molecule has 2 fully saturated rings. The number of rotatable bonds is 2. The average molecular weight is 245 g/mol. The minimum Gasteiger partial charge on any atom is -0.315 e. The van der Waals surface area contributed by atoms with Crippen LogP contribution in [0.3, 0.4) is 0 Å². The third-order valence-corrected chi connectivity index (χ3v) is 4.17. The van der Waals surface area contributed by atoms with Crippen molar-refractivity contribution in [2.24, 2.45) is 0 Å². The summed E-state index contributed by atoms with van der Waals surface area (Å²) in [6, 6.07) is 11.6. The first-order valence-corrected chi connectivity index (χ1v) is 7.13. The summed E-state index contributed by atoms with van der Waals surface area (Å²) < 4.78 is 0. The van der Waals surface area contributed by atoms with Gasteiger partial charge in [0.15, 0.2) is 0 Å². The van der Waals surface area contributed by atoms with Crippen molar-refractivity contribution in [3.05, 3.63) is 35.9 Å². The molecule has 0 spiro atoms. The van der Waals surface area contributed by atoms with E-state index in [1.54, 1.807) is 0 Å². The van der Waals surface area contributed by atoms with Gasteiger partial charge in [0, 0.05) is 45.3 Å². The molecule has 3 rings (SSSR count). The van der Waals surface area contributed by atoms with Crippen LogP contribution < -0.4 is 5.32 Å². The molecule has 0 amide bonds. The van der Waals surface area contributed by atoms with E-state index in [1.165, 1.54) is 44.7 Å². The number of piperazine rings is 1. The van der Waals surface area contributed by atoms with E-state index in [-0.39, 0.29) is 0 Å². The lowest BCUT2D eigenvalue weighted by Gasteiger charge is -2.40.